The van der Waals surface area contributed by atoms with Crippen molar-refractivity contribution >= 4 is 5.84 Å². The third-order valence-corrected chi connectivity index (χ3v) is 4.94. The van der Waals surface area contributed by atoms with Crippen molar-refractivity contribution in [2.75, 3.05) is 0 Å². The molecule has 0 bridgehead atoms. The maximum absolute atomic E-state index is 5.67. The molecular weight excluding hydrogens is 210 g/mol. The number of hydrazine groups is 1. The molecule has 0 aromatic heterocycles. The van der Waals surface area contributed by atoms with Crippen molar-refractivity contribution in [1.82, 2.24) is 5.43 Å². The first-order chi connectivity index (χ1) is 8.36. The van der Waals surface area contributed by atoms with E-state index in [4.69, 9.17) is 10.8 Å². The van der Waals surface area contributed by atoms with Crippen molar-refractivity contribution in [3.8, 4) is 0 Å². The minimum absolute atomic E-state index is 0.588. The van der Waals surface area contributed by atoms with Crippen molar-refractivity contribution < 1.29 is 0 Å². The van der Waals surface area contributed by atoms with Gasteiger partial charge in [-0.05, 0) is 43.9 Å². The third-order valence-electron chi connectivity index (χ3n) is 4.94. The molecule has 3 nitrogen and oxygen atoms in total. The Morgan fingerprint density at radius 1 is 0.941 bits per heavy atom. The zero-order valence-electron chi connectivity index (χ0n) is 10.7. The van der Waals surface area contributed by atoms with E-state index in [0.717, 1.165) is 17.7 Å². The number of nitrogens with one attached hydrogen (secondary N) is 1. The van der Waals surface area contributed by atoms with Crippen LogP contribution in [0.5, 0.6) is 0 Å². The summed E-state index contributed by atoms with van der Waals surface area (Å²) in [6.45, 7) is 0. The summed E-state index contributed by atoms with van der Waals surface area (Å²) in [6.07, 6.45) is 12.4. The molecule has 0 aromatic carbocycles. The van der Waals surface area contributed by atoms with Crippen LogP contribution >= 0.6 is 0 Å². The Labute approximate surface area is 104 Å². The lowest BCUT2D eigenvalue weighted by Crippen LogP contribution is -2.40. The highest BCUT2D eigenvalue weighted by Crippen LogP contribution is 2.43. The number of hydrogen-bond acceptors (Lipinski definition) is 2. The van der Waals surface area contributed by atoms with Crippen LogP contribution in [0.25, 0.3) is 0 Å². The Hall–Kier alpha value is -0.570. The highest BCUT2D eigenvalue weighted by Gasteiger charge is 2.34. The molecule has 0 aliphatic heterocycles. The van der Waals surface area contributed by atoms with Crippen LogP contribution in [0.2, 0.25) is 0 Å². The summed E-state index contributed by atoms with van der Waals surface area (Å²) in [5, 5.41) is 0. The Morgan fingerprint density at radius 3 is 2.41 bits per heavy atom. The predicted octanol–water partition coefficient (Wildman–Crippen LogP) is 2.62. The van der Waals surface area contributed by atoms with E-state index in [9.17, 15) is 0 Å². The molecule has 3 aliphatic carbocycles. The van der Waals surface area contributed by atoms with Crippen molar-refractivity contribution in [3.63, 3.8) is 0 Å². The average Bonchev–Trinajstić information content (AvgIpc) is 3.19. The summed E-state index contributed by atoms with van der Waals surface area (Å²) in [6, 6.07) is 0.588. The standard InChI is InChI=1S/C14H25N3/c15-17-14(16-13-7-8-13)12-6-5-10-3-1-2-4-11(10)9-12/h10-13H,1-9,15H2,(H,16,17). The first-order valence-corrected chi connectivity index (χ1v) is 7.41. The second-order valence-corrected chi connectivity index (χ2v) is 6.20. The van der Waals surface area contributed by atoms with Crippen molar-refractivity contribution in [1.29, 1.82) is 0 Å². The molecule has 17 heavy (non-hydrogen) atoms. The second-order valence-electron chi connectivity index (χ2n) is 6.20. The fourth-order valence-electron chi connectivity index (χ4n) is 3.78. The van der Waals surface area contributed by atoms with Gasteiger partial charge in [-0.1, -0.05) is 25.7 Å². The Balaban J connectivity index is 1.63. The predicted molar refractivity (Wildman–Crippen MR) is 70.6 cm³/mol. The quantitative estimate of drug-likeness (QED) is 0.334. The molecule has 3 rings (SSSR count). The summed E-state index contributed by atoms with van der Waals surface area (Å²) in [4.78, 5) is 4.75. The first kappa shape index (κ1) is 11.5. The number of nitrogens with two attached hydrogens (primary N) is 1. The topological polar surface area (TPSA) is 50.4 Å². The van der Waals surface area contributed by atoms with E-state index in [2.05, 4.69) is 5.43 Å². The zero-order valence-corrected chi connectivity index (χ0v) is 10.7. The normalized spacial score (nSPS) is 38.6. The minimum Gasteiger partial charge on any atom is -0.312 e. The molecule has 3 aliphatic rings. The largest absolute Gasteiger partial charge is 0.312 e. The average molecular weight is 235 g/mol. The fourth-order valence-corrected chi connectivity index (χ4v) is 3.78. The number of amidine groups is 1. The van der Waals surface area contributed by atoms with Crippen molar-refractivity contribution in [2.45, 2.75) is 63.8 Å². The van der Waals surface area contributed by atoms with Crippen LogP contribution in [0.15, 0.2) is 4.99 Å². The molecule has 0 radical (unpaired) electrons. The summed E-state index contributed by atoms with van der Waals surface area (Å²) < 4.78 is 0. The smallest absolute Gasteiger partial charge is 0.114 e. The maximum atomic E-state index is 5.67. The molecule has 96 valence electrons. The second kappa shape index (κ2) is 4.97. The molecule has 0 aromatic rings. The highest BCUT2D eigenvalue weighted by atomic mass is 15.3. The summed E-state index contributed by atoms with van der Waals surface area (Å²) in [5.74, 6) is 9.37. The first-order valence-electron chi connectivity index (χ1n) is 7.41. The van der Waals surface area contributed by atoms with Crippen LogP contribution in [-0.2, 0) is 0 Å². The Kier molecular flexibility index (Phi) is 3.37. The number of nitrogens with zero attached hydrogens (tertiary/aromatic N) is 1. The molecule has 3 heteroatoms. The lowest BCUT2D eigenvalue weighted by molar-refractivity contribution is 0.151. The van der Waals surface area contributed by atoms with Gasteiger partial charge in [-0.2, -0.15) is 0 Å². The molecule has 3 unspecified atom stereocenters. The number of rotatable bonds is 2. The lowest BCUT2D eigenvalue weighted by atomic mass is 9.67. The Morgan fingerprint density at radius 2 is 1.71 bits per heavy atom. The third kappa shape index (κ3) is 2.65. The molecule has 0 heterocycles. The molecule has 3 atom stereocenters. The molecule has 3 N–H and O–H groups in total. The van der Waals surface area contributed by atoms with E-state index in [-0.39, 0.29) is 0 Å². The number of hydrogen-bond donors (Lipinski definition) is 2. The van der Waals surface area contributed by atoms with Gasteiger partial charge in [0.1, 0.15) is 5.84 Å². The van der Waals surface area contributed by atoms with Gasteiger partial charge in [-0.3, -0.25) is 4.99 Å². The SMILES string of the molecule is NNC(=NC1CC1)C1CCC2CCCCC2C1. The van der Waals surface area contributed by atoms with Crippen LogP contribution in [0.1, 0.15) is 57.8 Å². The van der Waals surface area contributed by atoms with Crippen LogP contribution in [-0.4, -0.2) is 11.9 Å². The van der Waals surface area contributed by atoms with Gasteiger partial charge in [0.15, 0.2) is 0 Å². The van der Waals surface area contributed by atoms with Crippen LogP contribution in [0.3, 0.4) is 0 Å². The van der Waals surface area contributed by atoms with Gasteiger partial charge >= 0.3 is 0 Å². The minimum atomic E-state index is 0.588. The van der Waals surface area contributed by atoms with Gasteiger partial charge in [0.2, 0.25) is 0 Å². The molecule has 0 spiro atoms. The fraction of sp³-hybridized carbons (Fsp3) is 0.929. The van der Waals surface area contributed by atoms with Crippen LogP contribution in [0, 0.1) is 17.8 Å². The van der Waals surface area contributed by atoms with Gasteiger partial charge in [-0.25, -0.2) is 5.84 Å². The van der Waals surface area contributed by atoms with E-state index in [1.54, 1.807) is 0 Å². The zero-order chi connectivity index (χ0) is 11.7. The number of fused-ring (bicyclic) bond motifs is 1. The summed E-state index contributed by atoms with van der Waals surface area (Å²) in [7, 11) is 0. The van der Waals surface area contributed by atoms with Gasteiger partial charge in [0.25, 0.3) is 0 Å². The van der Waals surface area contributed by atoms with E-state index >= 15 is 0 Å². The van der Waals surface area contributed by atoms with E-state index < -0.39 is 0 Å². The van der Waals surface area contributed by atoms with Crippen LogP contribution in [0.4, 0.5) is 0 Å². The monoisotopic (exact) mass is 235 g/mol. The van der Waals surface area contributed by atoms with Crippen molar-refractivity contribution in [2.24, 2.45) is 28.6 Å². The molecule has 0 saturated heterocycles. The summed E-state index contributed by atoms with van der Waals surface area (Å²) in [5.41, 5.74) is 2.89. The van der Waals surface area contributed by atoms with Crippen LogP contribution < -0.4 is 11.3 Å². The van der Waals surface area contributed by atoms with Gasteiger partial charge in [0.05, 0.1) is 6.04 Å². The number of aliphatic imine (C=N–C) groups is 1. The Bertz CT molecular complexity index is 296. The molecular formula is C14H25N3. The molecule has 3 saturated carbocycles. The molecule has 0 amide bonds. The van der Waals surface area contributed by atoms with E-state index in [1.165, 1.54) is 57.8 Å². The van der Waals surface area contributed by atoms with E-state index in [1.807, 2.05) is 0 Å². The van der Waals surface area contributed by atoms with E-state index in [0.29, 0.717) is 12.0 Å². The molecule has 3 fully saturated rings. The lowest BCUT2D eigenvalue weighted by Gasteiger charge is -2.39. The van der Waals surface area contributed by atoms with Gasteiger partial charge in [-0.15, -0.1) is 0 Å². The highest BCUT2D eigenvalue weighted by molar-refractivity contribution is 5.84. The van der Waals surface area contributed by atoms with Crippen molar-refractivity contribution in [3.05, 3.63) is 0 Å². The van der Waals surface area contributed by atoms with Gasteiger partial charge in [0, 0.05) is 5.92 Å². The maximum Gasteiger partial charge on any atom is 0.114 e. The summed E-state index contributed by atoms with van der Waals surface area (Å²) >= 11 is 0. The van der Waals surface area contributed by atoms with Gasteiger partial charge < -0.3 is 5.43 Å².